The summed E-state index contributed by atoms with van der Waals surface area (Å²) in [5, 5.41) is 3.53. The van der Waals surface area contributed by atoms with Crippen molar-refractivity contribution < 1.29 is 9.47 Å². The Morgan fingerprint density at radius 1 is 1.10 bits per heavy atom. The molecule has 0 aliphatic carbocycles. The van der Waals surface area contributed by atoms with E-state index in [1.165, 1.54) is 45.2 Å². The number of ether oxygens (including phenoxy) is 2. The van der Waals surface area contributed by atoms with Crippen molar-refractivity contribution in [3.63, 3.8) is 0 Å². The molecule has 0 amide bonds. The van der Waals surface area contributed by atoms with Crippen molar-refractivity contribution in [2.24, 2.45) is 16.8 Å². The van der Waals surface area contributed by atoms with E-state index in [0.717, 1.165) is 38.7 Å². The Morgan fingerprint density at radius 2 is 1.83 bits per heavy atom. The highest BCUT2D eigenvalue weighted by Crippen LogP contribution is 2.19. The van der Waals surface area contributed by atoms with Gasteiger partial charge in [-0.05, 0) is 45.2 Å². The van der Waals surface area contributed by atoms with Crippen LogP contribution in [0.4, 0.5) is 0 Å². The van der Waals surface area contributed by atoms with E-state index < -0.39 is 0 Å². The molecule has 2 aliphatic heterocycles. The van der Waals surface area contributed by atoms with Crippen molar-refractivity contribution in [2.75, 3.05) is 66.2 Å². The van der Waals surface area contributed by atoms with Gasteiger partial charge in [0.05, 0.1) is 26.4 Å². The third kappa shape index (κ3) is 9.70. The molecule has 29 heavy (non-hydrogen) atoms. The Balaban J connectivity index is 0.00000420. The van der Waals surface area contributed by atoms with Gasteiger partial charge in [0.25, 0.3) is 0 Å². The molecular formula is C22H45IN4O2. The van der Waals surface area contributed by atoms with Gasteiger partial charge in [0.2, 0.25) is 0 Å². The Hall–Kier alpha value is -0.120. The predicted octanol–water partition coefficient (Wildman–Crippen LogP) is 3.46. The van der Waals surface area contributed by atoms with Gasteiger partial charge in [-0.1, -0.05) is 26.7 Å². The molecule has 0 radical (unpaired) electrons. The van der Waals surface area contributed by atoms with E-state index in [1.807, 2.05) is 0 Å². The quantitative estimate of drug-likeness (QED) is 0.205. The van der Waals surface area contributed by atoms with Gasteiger partial charge < -0.3 is 19.7 Å². The molecular weight excluding hydrogens is 479 g/mol. The minimum atomic E-state index is 0. The predicted molar refractivity (Wildman–Crippen MR) is 132 cm³/mol. The molecule has 2 atom stereocenters. The number of guanidine groups is 1. The molecule has 0 bridgehead atoms. The van der Waals surface area contributed by atoms with Crippen molar-refractivity contribution in [3.8, 4) is 0 Å². The van der Waals surface area contributed by atoms with Crippen LogP contribution in [-0.4, -0.2) is 88.0 Å². The van der Waals surface area contributed by atoms with Crippen molar-refractivity contribution in [1.82, 2.24) is 15.1 Å². The molecule has 2 heterocycles. The molecule has 0 aromatic heterocycles. The molecule has 2 unspecified atom stereocenters. The van der Waals surface area contributed by atoms with Gasteiger partial charge in [0.1, 0.15) is 0 Å². The normalized spacial score (nSPS) is 22.4. The fraction of sp³-hybridized carbons (Fsp3) is 0.955. The largest absolute Gasteiger partial charge is 0.382 e. The Labute approximate surface area is 196 Å². The molecule has 2 rings (SSSR count). The minimum Gasteiger partial charge on any atom is -0.382 e. The minimum absolute atomic E-state index is 0. The first kappa shape index (κ1) is 26.9. The van der Waals surface area contributed by atoms with Crippen LogP contribution in [-0.2, 0) is 9.47 Å². The summed E-state index contributed by atoms with van der Waals surface area (Å²) in [6.07, 6.45) is 6.62. The van der Waals surface area contributed by atoms with Gasteiger partial charge in [-0.15, -0.1) is 24.0 Å². The molecule has 0 spiro atoms. The van der Waals surface area contributed by atoms with Crippen LogP contribution in [0.3, 0.4) is 0 Å². The van der Waals surface area contributed by atoms with Crippen molar-refractivity contribution in [3.05, 3.63) is 0 Å². The van der Waals surface area contributed by atoms with E-state index in [2.05, 4.69) is 35.9 Å². The van der Waals surface area contributed by atoms with Gasteiger partial charge in [0, 0.05) is 38.7 Å². The molecule has 0 saturated carbocycles. The van der Waals surface area contributed by atoms with Crippen molar-refractivity contribution >= 4 is 29.9 Å². The number of hydrogen-bond donors (Lipinski definition) is 1. The molecule has 2 saturated heterocycles. The molecule has 2 aliphatic rings. The summed E-state index contributed by atoms with van der Waals surface area (Å²) in [7, 11) is 1.72. The SMILES string of the molecule is CCNC(=NCC(C(C)C)N1CCCCCC1)N1CCC(COCCOC)C1.I. The summed E-state index contributed by atoms with van der Waals surface area (Å²) in [4.78, 5) is 10.2. The van der Waals surface area contributed by atoms with Crippen molar-refractivity contribution in [2.45, 2.75) is 58.9 Å². The Kier molecular flexibility index (Phi) is 14.5. The van der Waals surface area contributed by atoms with Crippen LogP contribution < -0.4 is 5.32 Å². The first-order valence-corrected chi connectivity index (χ1v) is 11.5. The van der Waals surface area contributed by atoms with E-state index in [-0.39, 0.29) is 24.0 Å². The van der Waals surface area contributed by atoms with Crippen LogP contribution in [0.1, 0.15) is 52.9 Å². The average Bonchev–Trinajstić information content (AvgIpc) is 2.98. The van der Waals surface area contributed by atoms with Crippen molar-refractivity contribution in [1.29, 1.82) is 0 Å². The third-order valence-corrected chi connectivity index (χ3v) is 6.01. The number of likely N-dealkylation sites (tertiary alicyclic amines) is 2. The number of halogens is 1. The highest BCUT2D eigenvalue weighted by molar-refractivity contribution is 14.0. The highest BCUT2D eigenvalue weighted by Gasteiger charge is 2.26. The van der Waals surface area contributed by atoms with Crippen LogP contribution in [0, 0.1) is 11.8 Å². The second-order valence-electron chi connectivity index (χ2n) is 8.62. The molecule has 0 aromatic carbocycles. The fourth-order valence-electron chi connectivity index (χ4n) is 4.33. The van der Waals surface area contributed by atoms with Crippen LogP contribution in [0.5, 0.6) is 0 Å². The van der Waals surface area contributed by atoms with Gasteiger partial charge >= 0.3 is 0 Å². The van der Waals surface area contributed by atoms with Gasteiger partial charge in [-0.3, -0.25) is 9.89 Å². The average molecular weight is 525 g/mol. The van der Waals surface area contributed by atoms with Gasteiger partial charge in [0.15, 0.2) is 5.96 Å². The zero-order valence-corrected chi connectivity index (χ0v) is 21.5. The molecule has 7 heteroatoms. The molecule has 172 valence electrons. The number of hydrogen-bond acceptors (Lipinski definition) is 4. The molecule has 2 fully saturated rings. The van der Waals surface area contributed by atoms with E-state index in [4.69, 9.17) is 14.5 Å². The van der Waals surface area contributed by atoms with Gasteiger partial charge in [-0.25, -0.2) is 0 Å². The standard InChI is InChI=1S/C22H44N4O2.HI/c1-5-23-22(26-13-10-20(17-26)18-28-15-14-27-4)24-16-21(19(2)3)25-11-8-6-7-9-12-25;/h19-21H,5-18H2,1-4H3,(H,23,24);1H. The lowest BCUT2D eigenvalue weighted by molar-refractivity contribution is 0.0536. The lowest BCUT2D eigenvalue weighted by Gasteiger charge is -2.33. The lowest BCUT2D eigenvalue weighted by Crippen LogP contribution is -2.44. The summed E-state index contributed by atoms with van der Waals surface area (Å²) in [6.45, 7) is 15.4. The maximum Gasteiger partial charge on any atom is 0.193 e. The maximum atomic E-state index is 5.75. The van der Waals surface area contributed by atoms with E-state index in [0.29, 0.717) is 31.1 Å². The van der Waals surface area contributed by atoms with Gasteiger partial charge in [-0.2, -0.15) is 0 Å². The Morgan fingerprint density at radius 3 is 2.45 bits per heavy atom. The van der Waals surface area contributed by atoms with E-state index in [9.17, 15) is 0 Å². The molecule has 0 aromatic rings. The second-order valence-corrected chi connectivity index (χ2v) is 8.62. The summed E-state index contributed by atoms with van der Waals surface area (Å²) < 4.78 is 10.8. The maximum absolute atomic E-state index is 5.75. The van der Waals surface area contributed by atoms with Crippen LogP contribution in [0.15, 0.2) is 4.99 Å². The number of nitrogens with one attached hydrogen (secondary N) is 1. The van der Waals surface area contributed by atoms with Crippen LogP contribution >= 0.6 is 24.0 Å². The number of nitrogens with zero attached hydrogens (tertiary/aromatic N) is 3. The van der Waals surface area contributed by atoms with Crippen LogP contribution in [0.25, 0.3) is 0 Å². The summed E-state index contributed by atoms with van der Waals surface area (Å²) >= 11 is 0. The third-order valence-electron chi connectivity index (χ3n) is 6.01. The summed E-state index contributed by atoms with van der Waals surface area (Å²) in [5.41, 5.74) is 0. The first-order valence-electron chi connectivity index (χ1n) is 11.5. The number of rotatable bonds is 10. The monoisotopic (exact) mass is 524 g/mol. The number of methoxy groups -OCH3 is 1. The topological polar surface area (TPSA) is 49.3 Å². The fourth-order valence-corrected chi connectivity index (χ4v) is 4.33. The Bertz CT molecular complexity index is 443. The van der Waals surface area contributed by atoms with E-state index in [1.54, 1.807) is 7.11 Å². The number of aliphatic imine (C=N–C) groups is 1. The molecule has 1 N–H and O–H groups in total. The summed E-state index contributed by atoms with van der Waals surface area (Å²) in [5.74, 6) is 2.31. The smallest absolute Gasteiger partial charge is 0.193 e. The lowest BCUT2D eigenvalue weighted by atomic mass is 10.0. The zero-order chi connectivity index (χ0) is 20.2. The first-order chi connectivity index (χ1) is 13.7. The zero-order valence-electron chi connectivity index (χ0n) is 19.2. The molecule has 6 nitrogen and oxygen atoms in total. The second kappa shape index (κ2) is 15.6. The summed E-state index contributed by atoms with van der Waals surface area (Å²) in [6, 6.07) is 0.544. The highest BCUT2D eigenvalue weighted by atomic mass is 127. The van der Waals surface area contributed by atoms with Crippen LogP contribution in [0.2, 0.25) is 0 Å². The van der Waals surface area contributed by atoms with E-state index >= 15 is 0 Å².